The monoisotopic (exact) mass is 395 g/mol. The van der Waals surface area contributed by atoms with Crippen LogP contribution in [0.4, 0.5) is 5.13 Å². The van der Waals surface area contributed by atoms with Gasteiger partial charge in [0.2, 0.25) is 11.8 Å². The van der Waals surface area contributed by atoms with Crippen molar-refractivity contribution >= 4 is 28.3 Å². The summed E-state index contributed by atoms with van der Waals surface area (Å²) < 4.78 is 5.42. The number of rotatable bonds is 6. The van der Waals surface area contributed by atoms with Crippen molar-refractivity contribution in [2.24, 2.45) is 5.92 Å². The van der Waals surface area contributed by atoms with E-state index in [1.807, 2.05) is 17.3 Å². The second-order valence-corrected chi connectivity index (χ2v) is 8.24. The Kier molecular flexibility index (Phi) is 7.03. The summed E-state index contributed by atoms with van der Waals surface area (Å²) >= 11 is 1.42. The zero-order valence-electron chi connectivity index (χ0n) is 15.8. The van der Waals surface area contributed by atoms with E-state index in [0.717, 1.165) is 37.9 Å². The molecular formula is C18H29N5O3S. The number of nitrogens with two attached hydrogens (primary N) is 1. The molecule has 0 spiro atoms. The number of hydrogen-bond acceptors (Lipinski definition) is 7. The number of carbonyl (C=O) groups excluding carboxylic acids is 2. The first-order chi connectivity index (χ1) is 13.0. The standard InChI is InChI=1S/C18H29N5O3S/c1-23-8-9-26-10-15(23)17(25)21-13-4-2-12(3-5-13)16(24)20-7-6-14-11-27-18(19)22-14/h11-13,15H,2-10H2,1H3,(H2,19,22)(H,20,24)(H,21,25)/t12?,13?,15-/m1/s1. The minimum Gasteiger partial charge on any atom is -0.378 e. The number of nitrogen functional groups attached to an aromatic ring is 1. The van der Waals surface area contributed by atoms with Crippen LogP contribution in [-0.4, -0.2) is 67.1 Å². The van der Waals surface area contributed by atoms with Gasteiger partial charge in [-0.15, -0.1) is 11.3 Å². The van der Waals surface area contributed by atoms with Crippen molar-refractivity contribution in [3.8, 4) is 0 Å². The van der Waals surface area contributed by atoms with Crippen LogP contribution in [0.2, 0.25) is 0 Å². The molecule has 3 rings (SSSR count). The quantitative estimate of drug-likeness (QED) is 0.643. The first-order valence-electron chi connectivity index (χ1n) is 9.59. The van der Waals surface area contributed by atoms with Gasteiger partial charge >= 0.3 is 0 Å². The summed E-state index contributed by atoms with van der Waals surface area (Å²) in [5.41, 5.74) is 6.53. The van der Waals surface area contributed by atoms with Gasteiger partial charge in [-0.2, -0.15) is 0 Å². The summed E-state index contributed by atoms with van der Waals surface area (Å²) in [6, 6.07) is -0.0608. The lowest BCUT2D eigenvalue weighted by atomic mass is 9.85. The molecule has 2 amide bonds. The molecule has 1 aliphatic heterocycles. The predicted molar refractivity (Wildman–Crippen MR) is 104 cm³/mol. The van der Waals surface area contributed by atoms with E-state index < -0.39 is 0 Å². The maximum Gasteiger partial charge on any atom is 0.239 e. The summed E-state index contributed by atoms with van der Waals surface area (Å²) in [5, 5.41) is 8.61. The fourth-order valence-corrected chi connectivity index (χ4v) is 4.25. The molecule has 1 saturated carbocycles. The Morgan fingerprint density at radius 2 is 2.11 bits per heavy atom. The number of hydrogen-bond donors (Lipinski definition) is 3. The number of ether oxygens (including phenoxy) is 1. The van der Waals surface area contributed by atoms with Crippen molar-refractivity contribution in [3.05, 3.63) is 11.1 Å². The molecule has 0 bridgehead atoms. The molecule has 1 saturated heterocycles. The highest BCUT2D eigenvalue weighted by Crippen LogP contribution is 2.25. The van der Waals surface area contributed by atoms with Crippen molar-refractivity contribution in [2.75, 3.05) is 39.1 Å². The third kappa shape index (κ3) is 5.63. The Bertz CT molecular complexity index is 645. The molecule has 8 nitrogen and oxygen atoms in total. The SMILES string of the molecule is CN1CCOC[C@@H]1C(=O)NC1CCC(C(=O)NCCc2csc(N)n2)CC1. The second-order valence-electron chi connectivity index (χ2n) is 7.35. The van der Waals surface area contributed by atoms with Crippen LogP contribution in [-0.2, 0) is 20.7 Å². The van der Waals surface area contributed by atoms with Gasteiger partial charge in [-0.1, -0.05) is 0 Å². The summed E-state index contributed by atoms with van der Waals surface area (Å²) in [4.78, 5) is 31.0. The average Bonchev–Trinajstić information content (AvgIpc) is 3.07. The van der Waals surface area contributed by atoms with E-state index in [1.165, 1.54) is 11.3 Å². The number of thiazole rings is 1. The van der Waals surface area contributed by atoms with Crippen LogP contribution in [0.15, 0.2) is 5.38 Å². The van der Waals surface area contributed by atoms with E-state index in [9.17, 15) is 9.59 Å². The Labute approximate surface area is 163 Å². The lowest BCUT2D eigenvalue weighted by Crippen LogP contribution is -2.54. The summed E-state index contributed by atoms with van der Waals surface area (Å²) in [6.07, 6.45) is 3.98. The fourth-order valence-electron chi connectivity index (χ4n) is 3.66. The van der Waals surface area contributed by atoms with Gasteiger partial charge in [0.05, 0.1) is 18.9 Å². The first-order valence-corrected chi connectivity index (χ1v) is 10.5. The number of morpholine rings is 1. The molecule has 0 unspecified atom stereocenters. The highest BCUT2D eigenvalue weighted by Gasteiger charge is 2.31. The molecule has 1 aromatic rings. The van der Waals surface area contributed by atoms with Gasteiger partial charge in [0, 0.05) is 36.9 Å². The highest BCUT2D eigenvalue weighted by atomic mass is 32.1. The zero-order valence-corrected chi connectivity index (χ0v) is 16.6. The van der Waals surface area contributed by atoms with Crippen LogP contribution in [0, 0.1) is 5.92 Å². The number of nitrogens with zero attached hydrogens (tertiary/aromatic N) is 2. The molecule has 1 atom stereocenters. The smallest absolute Gasteiger partial charge is 0.239 e. The minimum absolute atomic E-state index is 0.0272. The van der Waals surface area contributed by atoms with Crippen LogP contribution >= 0.6 is 11.3 Å². The molecule has 2 aliphatic rings. The average molecular weight is 396 g/mol. The lowest BCUT2D eigenvalue weighted by Gasteiger charge is -2.34. The summed E-state index contributed by atoms with van der Waals surface area (Å²) in [6.45, 7) is 2.48. The van der Waals surface area contributed by atoms with Gasteiger partial charge in [-0.05, 0) is 32.7 Å². The van der Waals surface area contributed by atoms with E-state index in [0.29, 0.717) is 31.3 Å². The maximum absolute atomic E-state index is 12.4. The Balaban J connectivity index is 1.35. The van der Waals surface area contributed by atoms with Gasteiger partial charge in [0.25, 0.3) is 0 Å². The van der Waals surface area contributed by atoms with Crippen LogP contribution in [0.25, 0.3) is 0 Å². The molecule has 2 heterocycles. The molecule has 9 heteroatoms. The van der Waals surface area contributed by atoms with Crippen LogP contribution in [0.1, 0.15) is 31.4 Å². The maximum atomic E-state index is 12.4. The van der Waals surface area contributed by atoms with Crippen LogP contribution < -0.4 is 16.4 Å². The molecular weight excluding hydrogens is 366 g/mol. The number of carbonyl (C=O) groups is 2. The van der Waals surface area contributed by atoms with Gasteiger partial charge in [0.15, 0.2) is 5.13 Å². The lowest BCUT2D eigenvalue weighted by molar-refractivity contribution is -0.132. The normalized spacial score (nSPS) is 26.5. The van der Waals surface area contributed by atoms with E-state index in [1.54, 1.807) is 0 Å². The van der Waals surface area contributed by atoms with E-state index >= 15 is 0 Å². The number of likely N-dealkylation sites (N-methyl/N-ethyl adjacent to an activating group) is 1. The van der Waals surface area contributed by atoms with Crippen LogP contribution in [0.3, 0.4) is 0 Å². The highest BCUT2D eigenvalue weighted by molar-refractivity contribution is 7.13. The van der Waals surface area contributed by atoms with Crippen LogP contribution in [0.5, 0.6) is 0 Å². The van der Waals surface area contributed by atoms with Crippen molar-refractivity contribution in [1.82, 2.24) is 20.5 Å². The van der Waals surface area contributed by atoms with Gasteiger partial charge in [0.1, 0.15) is 6.04 Å². The second kappa shape index (κ2) is 9.48. The van der Waals surface area contributed by atoms with Gasteiger partial charge in [-0.25, -0.2) is 4.98 Å². The van der Waals surface area contributed by atoms with E-state index in [4.69, 9.17) is 10.5 Å². The van der Waals surface area contributed by atoms with E-state index in [-0.39, 0.29) is 29.8 Å². The molecule has 27 heavy (non-hydrogen) atoms. The Morgan fingerprint density at radius 1 is 1.33 bits per heavy atom. The topological polar surface area (TPSA) is 110 Å². The first kappa shape index (κ1) is 20.0. The van der Waals surface area contributed by atoms with E-state index in [2.05, 4.69) is 15.6 Å². The summed E-state index contributed by atoms with van der Waals surface area (Å²) in [5.74, 6) is 0.162. The Morgan fingerprint density at radius 3 is 2.78 bits per heavy atom. The predicted octanol–water partition coefficient (Wildman–Crippen LogP) is 0.390. The fraction of sp³-hybridized carbons (Fsp3) is 0.722. The molecule has 150 valence electrons. The number of anilines is 1. The van der Waals surface area contributed by atoms with Crippen molar-refractivity contribution < 1.29 is 14.3 Å². The molecule has 0 radical (unpaired) electrons. The third-order valence-corrected chi connectivity index (χ3v) is 6.12. The molecule has 1 aliphatic carbocycles. The molecule has 0 aromatic carbocycles. The van der Waals surface area contributed by atoms with Crippen molar-refractivity contribution in [1.29, 1.82) is 0 Å². The van der Waals surface area contributed by atoms with Crippen molar-refractivity contribution in [3.63, 3.8) is 0 Å². The molecule has 2 fully saturated rings. The Hall–Kier alpha value is -1.71. The minimum atomic E-state index is -0.209. The third-order valence-electron chi connectivity index (χ3n) is 5.39. The zero-order chi connectivity index (χ0) is 19.2. The molecule has 1 aromatic heterocycles. The van der Waals surface area contributed by atoms with Crippen molar-refractivity contribution in [2.45, 2.75) is 44.2 Å². The number of amides is 2. The number of nitrogens with one attached hydrogen (secondary N) is 2. The summed E-state index contributed by atoms with van der Waals surface area (Å²) in [7, 11) is 1.95. The van der Waals surface area contributed by atoms with Gasteiger partial charge in [-0.3, -0.25) is 14.5 Å². The molecule has 4 N–H and O–H groups in total. The number of aromatic nitrogens is 1. The largest absolute Gasteiger partial charge is 0.378 e. The van der Waals surface area contributed by atoms with Gasteiger partial charge < -0.3 is 21.1 Å².